The van der Waals surface area contributed by atoms with Crippen LogP contribution in [0.3, 0.4) is 0 Å². The first-order chi connectivity index (χ1) is 9.42. The molecule has 112 valence electrons. The molecule has 1 rings (SSSR count). The third-order valence-corrected chi connectivity index (χ3v) is 2.56. The van der Waals surface area contributed by atoms with E-state index in [0.29, 0.717) is 31.1 Å². The van der Waals surface area contributed by atoms with Gasteiger partial charge in [0.1, 0.15) is 5.75 Å². The smallest absolute Gasteiger partial charge is 0.251 e. The molecule has 5 heteroatoms. The lowest BCUT2D eigenvalue weighted by Gasteiger charge is -2.19. The average molecular weight is 280 g/mol. The van der Waals surface area contributed by atoms with Crippen LogP contribution in [0.5, 0.6) is 5.75 Å². The van der Waals surface area contributed by atoms with Crippen molar-refractivity contribution < 1.29 is 14.3 Å². The third kappa shape index (κ3) is 6.54. The first-order valence-corrected chi connectivity index (χ1v) is 6.71. The monoisotopic (exact) mass is 280 g/mol. The molecule has 0 bridgehead atoms. The highest BCUT2D eigenvalue weighted by molar-refractivity contribution is 5.94. The number of ether oxygens (including phenoxy) is 2. The van der Waals surface area contributed by atoms with Crippen LogP contribution in [0.4, 0.5) is 0 Å². The molecule has 0 heterocycles. The number of nitrogens with two attached hydrogens (primary N) is 1. The molecule has 0 radical (unpaired) electrons. The van der Waals surface area contributed by atoms with Crippen LogP contribution in [0.1, 0.15) is 30.6 Å². The van der Waals surface area contributed by atoms with E-state index < -0.39 is 5.54 Å². The van der Waals surface area contributed by atoms with Gasteiger partial charge in [-0.3, -0.25) is 4.79 Å². The van der Waals surface area contributed by atoms with Gasteiger partial charge < -0.3 is 20.5 Å². The van der Waals surface area contributed by atoms with Crippen LogP contribution in [-0.2, 0) is 4.74 Å². The van der Waals surface area contributed by atoms with Gasteiger partial charge in [0.05, 0.1) is 6.61 Å². The Labute approximate surface area is 120 Å². The number of methoxy groups -OCH3 is 1. The fraction of sp³-hybridized carbons (Fsp3) is 0.533. The van der Waals surface area contributed by atoms with Crippen molar-refractivity contribution in [3.05, 3.63) is 29.8 Å². The number of rotatable bonds is 8. The Morgan fingerprint density at radius 3 is 2.75 bits per heavy atom. The Morgan fingerprint density at radius 1 is 1.35 bits per heavy atom. The van der Waals surface area contributed by atoms with E-state index in [2.05, 4.69) is 5.32 Å². The summed E-state index contributed by atoms with van der Waals surface area (Å²) in [5.41, 5.74) is 5.98. The molecular weight excluding hydrogens is 256 g/mol. The first kappa shape index (κ1) is 16.5. The molecule has 0 aliphatic rings. The quantitative estimate of drug-likeness (QED) is 0.709. The summed E-state index contributed by atoms with van der Waals surface area (Å²) in [7, 11) is 1.66. The molecular formula is C15H24N2O3. The van der Waals surface area contributed by atoms with Crippen LogP contribution in [-0.4, -0.2) is 38.3 Å². The van der Waals surface area contributed by atoms with Gasteiger partial charge in [0.15, 0.2) is 0 Å². The molecule has 0 saturated heterocycles. The van der Waals surface area contributed by atoms with Crippen molar-refractivity contribution in [2.24, 2.45) is 5.73 Å². The first-order valence-electron chi connectivity index (χ1n) is 6.71. The fourth-order valence-electron chi connectivity index (χ4n) is 1.53. The minimum atomic E-state index is -0.427. The summed E-state index contributed by atoms with van der Waals surface area (Å²) < 4.78 is 10.5. The van der Waals surface area contributed by atoms with Gasteiger partial charge in [-0.1, -0.05) is 6.07 Å². The molecule has 20 heavy (non-hydrogen) atoms. The van der Waals surface area contributed by atoms with Gasteiger partial charge in [-0.25, -0.2) is 0 Å². The summed E-state index contributed by atoms with van der Waals surface area (Å²) >= 11 is 0. The third-order valence-electron chi connectivity index (χ3n) is 2.56. The van der Waals surface area contributed by atoms with Gasteiger partial charge in [0.2, 0.25) is 0 Å². The molecule has 1 amide bonds. The largest absolute Gasteiger partial charge is 0.493 e. The molecule has 0 aliphatic carbocycles. The van der Waals surface area contributed by atoms with E-state index in [1.54, 1.807) is 25.3 Å². The standard InChI is InChI=1S/C15H24N2O3/c1-15(2,16)11-17-14(18)12-6-4-7-13(10-12)20-9-5-8-19-3/h4,6-7,10H,5,8-9,11,16H2,1-3H3,(H,17,18). The number of amides is 1. The second-order valence-corrected chi connectivity index (χ2v) is 5.39. The van der Waals surface area contributed by atoms with E-state index in [4.69, 9.17) is 15.2 Å². The zero-order chi connectivity index (χ0) is 15.0. The van der Waals surface area contributed by atoms with Crippen molar-refractivity contribution in [3.8, 4) is 5.75 Å². The summed E-state index contributed by atoms with van der Waals surface area (Å²) in [5, 5.41) is 2.80. The van der Waals surface area contributed by atoms with Crippen LogP contribution < -0.4 is 15.8 Å². The molecule has 1 aromatic carbocycles. The summed E-state index contributed by atoms with van der Waals surface area (Å²) in [5.74, 6) is 0.534. The van der Waals surface area contributed by atoms with Gasteiger partial charge in [-0.15, -0.1) is 0 Å². The van der Waals surface area contributed by atoms with Crippen LogP contribution >= 0.6 is 0 Å². The predicted octanol–water partition coefficient (Wildman–Crippen LogP) is 1.57. The zero-order valence-corrected chi connectivity index (χ0v) is 12.4. The topological polar surface area (TPSA) is 73.6 Å². The van der Waals surface area contributed by atoms with Crippen molar-refractivity contribution >= 4 is 5.91 Å². The summed E-state index contributed by atoms with van der Waals surface area (Å²) in [6.45, 7) is 5.37. The average Bonchev–Trinajstić information content (AvgIpc) is 2.40. The number of hydrogen-bond donors (Lipinski definition) is 2. The van der Waals surface area contributed by atoms with Crippen LogP contribution in [0.15, 0.2) is 24.3 Å². The molecule has 3 N–H and O–H groups in total. The number of nitrogens with one attached hydrogen (secondary N) is 1. The highest BCUT2D eigenvalue weighted by Crippen LogP contribution is 2.13. The van der Waals surface area contributed by atoms with Gasteiger partial charge >= 0.3 is 0 Å². The highest BCUT2D eigenvalue weighted by Gasteiger charge is 2.13. The van der Waals surface area contributed by atoms with Crippen molar-refractivity contribution in [3.63, 3.8) is 0 Å². The van der Waals surface area contributed by atoms with E-state index >= 15 is 0 Å². The molecule has 5 nitrogen and oxygen atoms in total. The second-order valence-electron chi connectivity index (χ2n) is 5.39. The maximum atomic E-state index is 12.0. The maximum absolute atomic E-state index is 12.0. The lowest BCUT2D eigenvalue weighted by molar-refractivity contribution is 0.0945. The Kier molecular flexibility index (Phi) is 6.48. The van der Waals surface area contributed by atoms with Gasteiger partial charge in [-0.05, 0) is 32.0 Å². The van der Waals surface area contributed by atoms with Crippen molar-refractivity contribution in [2.75, 3.05) is 26.9 Å². The second kappa shape index (κ2) is 7.87. The molecule has 0 saturated carbocycles. The summed E-state index contributed by atoms with van der Waals surface area (Å²) in [4.78, 5) is 12.0. The summed E-state index contributed by atoms with van der Waals surface area (Å²) in [6, 6.07) is 7.11. The Bertz CT molecular complexity index is 427. The van der Waals surface area contributed by atoms with E-state index in [-0.39, 0.29) is 5.91 Å². The summed E-state index contributed by atoms with van der Waals surface area (Å²) in [6.07, 6.45) is 0.814. The molecule has 0 fully saturated rings. The molecule has 1 aromatic rings. The minimum Gasteiger partial charge on any atom is -0.493 e. The fourth-order valence-corrected chi connectivity index (χ4v) is 1.53. The van der Waals surface area contributed by atoms with Gasteiger partial charge in [0.25, 0.3) is 5.91 Å². The predicted molar refractivity (Wildman–Crippen MR) is 79.0 cm³/mol. The van der Waals surface area contributed by atoms with Crippen LogP contribution in [0.2, 0.25) is 0 Å². The minimum absolute atomic E-state index is 0.147. The van der Waals surface area contributed by atoms with Crippen LogP contribution in [0, 0.1) is 0 Å². The van der Waals surface area contributed by atoms with Crippen molar-refractivity contribution in [1.82, 2.24) is 5.32 Å². The molecule has 0 unspecified atom stereocenters. The Balaban J connectivity index is 2.52. The SMILES string of the molecule is COCCCOc1cccc(C(=O)NCC(C)(C)N)c1. The van der Waals surface area contributed by atoms with Crippen molar-refractivity contribution in [2.45, 2.75) is 25.8 Å². The highest BCUT2D eigenvalue weighted by atomic mass is 16.5. The number of hydrogen-bond acceptors (Lipinski definition) is 4. The number of benzene rings is 1. The van der Waals surface area contributed by atoms with E-state index in [1.807, 2.05) is 19.9 Å². The van der Waals surface area contributed by atoms with E-state index in [9.17, 15) is 4.79 Å². The molecule has 0 spiro atoms. The Morgan fingerprint density at radius 2 is 2.10 bits per heavy atom. The molecule has 0 atom stereocenters. The van der Waals surface area contributed by atoms with E-state index in [0.717, 1.165) is 6.42 Å². The normalized spacial score (nSPS) is 11.2. The van der Waals surface area contributed by atoms with E-state index in [1.165, 1.54) is 0 Å². The van der Waals surface area contributed by atoms with Gasteiger partial charge in [-0.2, -0.15) is 0 Å². The lowest BCUT2D eigenvalue weighted by Crippen LogP contribution is -2.45. The lowest BCUT2D eigenvalue weighted by atomic mass is 10.1. The number of carbonyl (C=O) groups excluding carboxylic acids is 1. The number of carbonyl (C=O) groups is 1. The maximum Gasteiger partial charge on any atom is 0.251 e. The van der Waals surface area contributed by atoms with Gasteiger partial charge in [0, 0.05) is 37.8 Å². The Hall–Kier alpha value is -1.59. The molecule has 0 aliphatic heterocycles. The van der Waals surface area contributed by atoms with Crippen LogP contribution in [0.25, 0.3) is 0 Å². The van der Waals surface area contributed by atoms with Crippen molar-refractivity contribution in [1.29, 1.82) is 0 Å². The molecule has 0 aromatic heterocycles. The zero-order valence-electron chi connectivity index (χ0n) is 12.4.